The molecule has 4 aromatic heterocycles. The number of pyridine rings is 1. The molecule has 3 N–H and O–H groups in total. The molecule has 1 atom stereocenters. The van der Waals surface area contributed by atoms with Crippen LogP contribution in [-0.2, 0) is 13.1 Å². The molecule has 40 heavy (non-hydrogen) atoms. The van der Waals surface area contributed by atoms with Crippen molar-refractivity contribution >= 4 is 22.6 Å². The average molecular weight is 552 g/mol. The van der Waals surface area contributed by atoms with Crippen molar-refractivity contribution in [2.24, 2.45) is 0 Å². The number of nitrogens with zero attached hydrogens (tertiary/aromatic N) is 5. The minimum Gasteiger partial charge on any atom is -0.385 e. The molecule has 206 valence electrons. The van der Waals surface area contributed by atoms with Crippen molar-refractivity contribution in [2.45, 2.75) is 31.5 Å². The fraction of sp³-hybridized carbons (Fsp3) is 0.296. The number of aliphatic hydroxyl groups is 1. The molecule has 2 aliphatic rings. The number of aromatic nitrogens is 5. The number of fused-ring (bicyclic) bond motifs is 1. The maximum absolute atomic E-state index is 15.0. The summed E-state index contributed by atoms with van der Waals surface area (Å²) in [5, 5.41) is 15.9. The number of alkyl halides is 2. The van der Waals surface area contributed by atoms with Gasteiger partial charge in [0, 0.05) is 55.9 Å². The quantitative estimate of drug-likeness (QED) is 0.312. The first-order valence-electron chi connectivity index (χ1n) is 12.9. The van der Waals surface area contributed by atoms with E-state index in [-0.39, 0.29) is 25.2 Å². The summed E-state index contributed by atoms with van der Waals surface area (Å²) in [6.45, 7) is -0.0504. The lowest BCUT2D eigenvalue weighted by Crippen LogP contribution is -2.55. The number of halogens is 3. The van der Waals surface area contributed by atoms with Gasteiger partial charge < -0.3 is 19.5 Å². The van der Waals surface area contributed by atoms with Gasteiger partial charge in [-0.1, -0.05) is 6.07 Å². The Labute approximate surface area is 224 Å². The van der Waals surface area contributed by atoms with Crippen LogP contribution in [0.3, 0.4) is 0 Å². The monoisotopic (exact) mass is 551 g/mol. The number of rotatable bonds is 2. The average Bonchev–Trinajstić information content (AvgIpc) is 3.58. The summed E-state index contributed by atoms with van der Waals surface area (Å²) in [5.41, 5.74) is 3.55. The van der Waals surface area contributed by atoms with E-state index in [1.54, 1.807) is 12.4 Å². The summed E-state index contributed by atoms with van der Waals surface area (Å²) >= 11 is 0. The third-order valence-corrected chi connectivity index (χ3v) is 7.85. The Morgan fingerprint density at radius 1 is 1.12 bits per heavy atom. The SMILES string of the molecule is O=C(N1CCn2cc(-c3c(-c4cnc5ccccn45)[nH][nH]c3=O)c3cc(F)cc(c32)C1)N1CCC(F)(F)C(O)C1. The van der Waals surface area contributed by atoms with Crippen molar-refractivity contribution in [1.82, 2.24) is 33.9 Å². The van der Waals surface area contributed by atoms with Gasteiger partial charge in [0.1, 0.15) is 17.6 Å². The molecule has 6 heterocycles. The molecule has 1 aromatic carbocycles. The van der Waals surface area contributed by atoms with Gasteiger partial charge in [-0.3, -0.25) is 19.4 Å². The second-order valence-electron chi connectivity index (χ2n) is 10.3. The van der Waals surface area contributed by atoms with Crippen molar-refractivity contribution in [3.05, 3.63) is 70.7 Å². The summed E-state index contributed by atoms with van der Waals surface area (Å²) < 4.78 is 46.3. The molecule has 5 aromatic rings. The number of aromatic amines is 2. The van der Waals surface area contributed by atoms with Crippen LogP contribution in [0.4, 0.5) is 18.0 Å². The summed E-state index contributed by atoms with van der Waals surface area (Å²) in [6.07, 6.45) is 2.71. The Hall–Kier alpha value is -4.52. The van der Waals surface area contributed by atoms with Gasteiger partial charge >= 0.3 is 6.03 Å². The van der Waals surface area contributed by atoms with Gasteiger partial charge in [0.15, 0.2) is 0 Å². The molecule has 0 saturated carbocycles. The first kappa shape index (κ1) is 24.5. The third-order valence-electron chi connectivity index (χ3n) is 7.85. The van der Waals surface area contributed by atoms with Crippen LogP contribution < -0.4 is 5.56 Å². The number of imidazole rings is 1. The van der Waals surface area contributed by atoms with E-state index in [1.807, 2.05) is 33.4 Å². The Morgan fingerprint density at radius 3 is 2.80 bits per heavy atom. The van der Waals surface area contributed by atoms with Crippen LogP contribution in [0.2, 0.25) is 0 Å². The number of H-pyrrole nitrogens is 2. The highest BCUT2D eigenvalue weighted by Gasteiger charge is 2.45. The lowest BCUT2D eigenvalue weighted by molar-refractivity contribution is -0.141. The summed E-state index contributed by atoms with van der Waals surface area (Å²) in [4.78, 5) is 33.5. The van der Waals surface area contributed by atoms with E-state index >= 15 is 4.39 Å². The number of likely N-dealkylation sites (tertiary alicyclic amines) is 1. The first-order chi connectivity index (χ1) is 19.2. The van der Waals surface area contributed by atoms with Crippen LogP contribution in [0.1, 0.15) is 12.0 Å². The number of aliphatic hydroxyl groups excluding tert-OH is 1. The van der Waals surface area contributed by atoms with E-state index in [1.165, 1.54) is 21.9 Å². The number of nitrogens with one attached hydrogen (secondary N) is 2. The number of urea groups is 1. The lowest BCUT2D eigenvalue weighted by Gasteiger charge is -2.38. The van der Waals surface area contributed by atoms with Crippen molar-refractivity contribution in [1.29, 1.82) is 0 Å². The van der Waals surface area contributed by atoms with E-state index in [2.05, 4.69) is 15.2 Å². The van der Waals surface area contributed by atoms with E-state index in [4.69, 9.17) is 0 Å². The molecule has 7 rings (SSSR count). The second-order valence-corrected chi connectivity index (χ2v) is 10.3. The molecule has 1 saturated heterocycles. The first-order valence-corrected chi connectivity index (χ1v) is 12.9. The topological polar surface area (TPSA) is 115 Å². The fourth-order valence-corrected chi connectivity index (χ4v) is 5.84. The van der Waals surface area contributed by atoms with E-state index in [9.17, 15) is 23.5 Å². The maximum Gasteiger partial charge on any atom is 0.320 e. The highest BCUT2D eigenvalue weighted by Crippen LogP contribution is 2.38. The van der Waals surface area contributed by atoms with Gasteiger partial charge in [-0.15, -0.1) is 0 Å². The van der Waals surface area contributed by atoms with Crippen molar-refractivity contribution in [3.63, 3.8) is 0 Å². The minimum absolute atomic E-state index is 0.0448. The van der Waals surface area contributed by atoms with Crippen molar-refractivity contribution < 1.29 is 23.1 Å². The van der Waals surface area contributed by atoms with Crippen molar-refractivity contribution in [2.75, 3.05) is 19.6 Å². The Balaban J connectivity index is 1.29. The lowest BCUT2D eigenvalue weighted by atomic mass is 10.0. The van der Waals surface area contributed by atoms with Gasteiger partial charge in [0.05, 0.1) is 35.2 Å². The molecule has 0 aliphatic carbocycles. The summed E-state index contributed by atoms with van der Waals surface area (Å²) in [6, 6.07) is 7.79. The smallest absolute Gasteiger partial charge is 0.320 e. The van der Waals surface area contributed by atoms with Gasteiger partial charge in [-0.05, 0) is 29.8 Å². The number of carbonyl (C=O) groups excluding carboxylic acids is 1. The second kappa shape index (κ2) is 8.74. The molecule has 1 fully saturated rings. The fourth-order valence-electron chi connectivity index (χ4n) is 5.84. The van der Waals surface area contributed by atoms with Crippen LogP contribution in [0, 0.1) is 5.82 Å². The Morgan fingerprint density at radius 2 is 1.98 bits per heavy atom. The largest absolute Gasteiger partial charge is 0.385 e. The van der Waals surface area contributed by atoms with Gasteiger partial charge in [-0.25, -0.2) is 22.9 Å². The molecule has 0 radical (unpaired) electrons. The molecular formula is C27H24F3N7O3. The van der Waals surface area contributed by atoms with E-state index < -0.39 is 36.8 Å². The highest BCUT2D eigenvalue weighted by molar-refractivity contribution is 6.00. The number of hydrogen-bond acceptors (Lipinski definition) is 4. The third kappa shape index (κ3) is 3.72. The summed E-state index contributed by atoms with van der Waals surface area (Å²) in [7, 11) is 0. The molecular weight excluding hydrogens is 527 g/mol. The number of amides is 2. The predicted octanol–water partition coefficient (Wildman–Crippen LogP) is 3.42. The predicted molar refractivity (Wildman–Crippen MR) is 139 cm³/mol. The van der Waals surface area contributed by atoms with Crippen LogP contribution in [0.15, 0.2) is 53.7 Å². The summed E-state index contributed by atoms with van der Waals surface area (Å²) in [5.74, 6) is -3.77. The van der Waals surface area contributed by atoms with Gasteiger partial charge in [0.2, 0.25) is 0 Å². The van der Waals surface area contributed by atoms with Crippen LogP contribution >= 0.6 is 0 Å². The number of carbonyl (C=O) groups is 1. The van der Waals surface area contributed by atoms with Crippen LogP contribution in [0.5, 0.6) is 0 Å². The maximum atomic E-state index is 15.0. The molecule has 13 heteroatoms. The number of benzene rings is 1. The molecule has 2 amide bonds. The van der Waals surface area contributed by atoms with Gasteiger partial charge in [0.25, 0.3) is 11.5 Å². The molecule has 0 spiro atoms. The molecule has 0 bridgehead atoms. The Bertz CT molecular complexity index is 1850. The van der Waals surface area contributed by atoms with Crippen LogP contribution in [0.25, 0.3) is 39.1 Å². The van der Waals surface area contributed by atoms with Crippen molar-refractivity contribution in [3.8, 4) is 22.5 Å². The zero-order valence-electron chi connectivity index (χ0n) is 21.1. The molecule has 10 nitrogen and oxygen atoms in total. The van der Waals surface area contributed by atoms with Crippen LogP contribution in [-0.4, -0.2) is 76.7 Å². The van der Waals surface area contributed by atoms with E-state index in [0.29, 0.717) is 51.2 Å². The normalized spacial score (nSPS) is 18.9. The highest BCUT2D eigenvalue weighted by atomic mass is 19.3. The Kier molecular flexibility index (Phi) is 5.36. The zero-order chi connectivity index (χ0) is 27.8. The standard InChI is InChI=1S/C27H24F3N7O3/c28-16-9-15-12-36(26(40)35-6-4-27(29,30)20(38)14-35)8-7-34-13-18(17(10-16)24(15)34)22-23(32-33-25(22)39)19-11-31-21-3-1-2-5-37(19)21/h1-3,5,9-11,13,20,38H,4,6-8,12,14H2,(H2,32,33,39). The van der Waals surface area contributed by atoms with E-state index in [0.717, 1.165) is 0 Å². The molecule has 1 unspecified atom stereocenters. The zero-order valence-corrected chi connectivity index (χ0v) is 21.1. The number of β-amino-alcohol motifs (C(OH)–C–C–N with tert-alkyl or cyclic N) is 1. The number of hydrogen-bond donors (Lipinski definition) is 3. The minimum atomic E-state index is -3.24. The molecule has 2 aliphatic heterocycles. The van der Waals surface area contributed by atoms with Gasteiger partial charge in [-0.2, -0.15) is 0 Å². The number of piperidine rings is 1.